The number of phenolic OH excluding ortho intramolecular Hbond substituents is 1. The van der Waals surface area contributed by atoms with Gasteiger partial charge in [0, 0.05) is 13.2 Å². The maximum Gasteiger partial charge on any atom is 0.235 e. The molecule has 25 heavy (non-hydrogen) atoms. The summed E-state index contributed by atoms with van der Waals surface area (Å²) in [6, 6.07) is 12.5. The van der Waals surface area contributed by atoms with Gasteiger partial charge in [-0.25, -0.2) is 0 Å². The highest BCUT2D eigenvalue weighted by atomic mass is 16.7. The van der Waals surface area contributed by atoms with Crippen molar-refractivity contribution in [3.8, 4) is 22.9 Å². The Morgan fingerprint density at radius 1 is 1.16 bits per heavy atom. The van der Waals surface area contributed by atoms with E-state index in [2.05, 4.69) is 15.2 Å². The van der Waals surface area contributed by atoms with Gasteiger partial charge in [-0.15, -0.1) is 0 Å². The maximum atomic E-state index is 9.35. The molecule has 7 nitrogen and oxygen atoms in total. The van der Waals surface area contributed by atoms with Crippen molar-refractivity contribution in [3.05, 3.63) is 60.4 Å². The molecule has 1 aliphatic heterocycles. The summed E-state index contributed by atoms with van der Waals surface area (Å²) in [5.41, 5.74) is 2.68. The Labute approximate surface area is 144 Å². The van der Waals surface area contributed by atoms with Gasteiger partial charge < -0.3 is 14.7 Å². The van der Waals surface area contributed by atoms with Crippen LogP contribution in [-0.4, -0.2) is 25.8 Å². The lowest BCUT2D eigenvalue weighted by Gasteiger charge is -2.08. The van der Waals surface area contributed by atoms with Gasteiger partial charge in [0.15, 0.2) is 6.10 Å². The highest BCUT2D eigenvalue weighted by Gasteiger charge is 2.24. The molecule has 0 amide bonds. The first-order chi connectivity index (χ1) is 12.2. The number of aromatic hydroxyl groups is 1. The van der Waals surface area contributed by atoms with Crippen LogP contribution in [-0.2, 0) is 11.9 Å². The Morgan fingerprint density at radius 3 is 2.68 bits per heavy atom. The van der Waals surface area contributed by atoms with Crippen LogP contribution in [0.4, 0.5) is 0 Å². The van der Waals surface area contributed by atoms with E-state index in [1.807, 2.05) is 37.4 Å². The van der Waals surface area contributed by atoms with Crippen molar-refractivity contribution >= 4 is 5.90 Å². The van der Waals surface area contributed by atoms with Gasteiger partial charge in [-0.1, -0.05) is 17.3 Å². The Kier molecular flexibility index (Phi) is 3.81. The maximum absolute atomic E-state index is 9.35. The van der Waals surface area contributed by atoms with Gasteiger partial charge in [0.05, 0.1) is 24.0 Å². The van der Waals surface area contributed by atoms with E-state index < -0.39 is 0 Å². The monoisotopic (exact) mass is 336 g/mol. The second-order valence-electron chi connectivity index (χ2n) is 5.70. The first-order valence-electron chi connectivity index (χ1n) is 7.83. The van der Waals surface area contributed by atoms with E-state index in [4.69, 9.17) is 9.57 Å². The summed E-state index contributed by atoms with van der Waals surface area (Å²) in [5.74, 6) is 1.31. The summed E-state index contributed by atoms with van der Waals surface area (Å²) in [4.78, 5) is 9.81. The van der Waals surface area contributed by atoms with Gasteiger partial charge >= 0.3 is 0 Å². The van der Waals surface area contributed by atoms with Crippen LogP contribution in [0.15, 0.2) is 60.0 Å². The minimum absolute atomic E-state index is 0.211. The zero-order chi connectivity index (χ0) is 17.2. The molecule has 4 rings (SSSR count). The summed E-state index contributed by atoms with van der Waals surface area (Å²) in [6.45, 7) is 0. The number of phenols is 1. The fourth-order valence-electron chi connectivity index (χ4n) is 2.64. The third-order valence-electron chi connectivity index (χ3n) is 3.96. The van der Waals surface area contributed by atoms with Crippen LogP contribution >= 0.6 is 0 Å². The van der Waals surface area contributed by atoms with E-state index in [9.17, 15) is 5.11 Å². The van der Waals surface area contributed by atoms with Crippen LogP contribution < -0.4 is 4.74 Å². The number of hydrogen-bond acceptors (Lipinski definition) is 6. The topological polar surface area (TPSA) is 81.8 Å². The van der Waals surface area contributed by atoms with Crippen molar-refractivity contribution in [2.24, 2.45) is 12.2 Å². The zero-order valence-electron chi connectivity index (χ0n) is 13.5. The summed E-state index contributed by atoms with van der Waals surface area (Å²) in [5, 5.41) is 17.5. The summed E-state index contributed by atoms with van der Waals surface area (Å²) in [6.07, 6.45) is 3.69. The van der Waals surface area contributed by atoms with Crippen molar-refractivity contribution < 1.29 is 14.7 Å². The smallest absolute Gasteiger partial charge is 0.235 e. The third-order valence-corrected chi connectivity index (χ3v) is 3.96. The SMILES string of the molecule is Cn1nccc1-c1ccc(OC2=NO[C@H](c3ccc(O)cc3)C2)cn1. The van der Waals surface area contributed by atoms with E-state index in [0.29, 0.717) is 18.1 Å². The molecule has 1 atom stereocenters. The number of aryl methyl sites for hydroxylation is 1. The molecule has 2 aromatic heterocycles. The molecule has 126 valence electrons. The number of hydrogen-bond donors (Lipinski definition) is 1. The molecule has 0 radical (unpaired) electrons. The normalized spacial score (nSPS) is 16.4. The largest absolute Gasteiger partial charge is 0.508 e. The van der Waals surface area contributed by atoms with E-state index in [1.165, 1.54) is 0 Å². The molecule has 1 N–H and O–H groups in total. The predicted octanol–water partition coefficient (Wildman–Crippen LogP) is 3.04. The molecular weight excluding hydrogens is 320 g/mol. The van der Waals surface area contributed by atoms with Gasteiger partial charge in [-0.3, -0.25) is 9.67 Å². The average molecular weight is 336 g/mol. The van der Waals surface area contributed by atoms with Crippen molar-refractivity contribution in [1.82, 2.24) is 14.8 Å². The minimum Gasteiger partial charge on any atom is -0.508 e. The van der Waals surface area contributed by atoms with Crippen LogP contribution in [0.2, 0.25) is 0 Å². The highest BCUT2D eigenvalue weighted by molar-refractivity contribution is 5.79. The number of pyridine rings is 1. The van der Waals surface area contributed by atoms with Gasteiger partial charge in [0.1, 0.15) is 11.5 Å². The summed E-state index contributed by atoms with van der Waals surface area (Å²) in [7, 11) is 1.87. The number of nitrogens with zero attached hydrogens (tertiary/aromatic N) is 4. The molecule has 1 aliphatic rings. The molecule has 0 spiro atoms. The molecular formula is C18H16N4O3. The summed E-state index contributed by atoms with van der Waals surface area (Å²) < 4.78 is 7.51. The predicted molar refractivity (Wildman–Crippen MR) is 91.1 cm³/mol. The van der Waals surface area contributed by atoms with E-state index >= 15 is 0 Å². The van der Waals surface area contributed by atoms with Gasteiger partial charge in [0.25, 0.3) is 0 Å². The van der Waals surface area contributed by atoms with Crippen molar-refractivity contribution in [3.63, 3.8) is 0 Å². The van der Waals surface area contributed by atoms with Gasteiger partial charge in [-0.2, -0.15) is 5.10 Å². The van der Waals surface area contributed by atoms with Crippen LogP contribution in [0.5, 0.6) is 11.5 Å². The fourth-order valence-corrected chi connectivity index (χ4v) is 2.64. The Bertz CT molecular complexity index is 901. The first kappa shape index (κ1) is 15.2. The molecule has 0 aliphatic carbocycles. The number of ether oxygens (including phenoxy) is 1. The highest BCUT2D eigenvalue weighted by Crippen LogP contribution is 2.29. The molecule has 0 saturated heterocycles. The van der Waals surface area contributed by atoms with Crippen LogP contribution in [0.3, 0.4) is 0 Å². The standard InChI is InChI=1S/C18H16N4O3/c1-22-16(8-9-20-22)15-7-6-14(11-19-15)24-18-10-17(25-21-18)12-2-4-13(23)5-3-12/h2-9,11,17,23H,10H2,1H3/t17-/m0/s1. The lowest BCUT2D eigenvalue weighted by atomic mass is 10.1. The third kappa shape index (κ3) is 3.16. The molecule has 0 unspecified atom stereocenters. The fraction of sp³-hybridized carbons (Fsp3) is 0.167. The van der Waals surface area contributed by atoms with Crippen molar-refractivity contribution in [2.45, 2.75) is 12.5 Å². The van der Waals surface area contributed by atoms with Gasteiger partial charge in [-0.05, 0) is 35.9 Å². The Hall–Kier alpha value is -3.35. The number of benzene rings is 1. The van der Waals surface area contributed by atoms with E-state index in [1.54, 1.807) is 29.2 Å². The Balaban J connectivity index is 1.41. The molecule has 3 heterocycles. The van der Waals surface area contributed by atoms with Crippen molar-refractivity contribution in [2.75, 3.05) is 0 Å². The van der Waals surface area contributed by atoms with Crippen molar-refractivity contribution in [1.29, 1.82) is 0 Å². The Morgan fingerprint density at radius 2 is 2.00 bits per heavy atom. The zero-order valence-corrected chi connectivity index (χ0v) is 13.5. The molecule has 0 saturated carbocycles. The first-order valence-corrected chi connectivity index (χ1v) is 7.83. The van der Waals surface area contributed by atoms with E-state index in [-0.39, 0.29) is 11.9 Å². The van der Waals surface area contributed by atoms with Crippen LogP contribution in [0, 0.1) is 0 Å². The summed E-state index contributed by atoms with van der Waals surface area (Å²) >= 11 is 0. The molecule has 7 heteroatoms. The lowest BCUT2D eigenvalue weighted by Crippen LogP contribution is -2.07. The second-order valence-corrected chi connectivity index (χ2v) is 5.70. The molecule has 3 aromatic rings. The second kappa shape index (κ2) is 6.27. The van der Waals surface area contributed by atoms with E-state index in [0.717, 1.165) is 17.0 Å². The number of oxime groups is 1. The lowest BCUT2D eigenvalue weighted by molar-refractivity contribution is 0.0855. The van der Waals surface area contributed by atoms with Crippen LogP contribution in [0.1, 0.15) is 18.1 Å². The molecule has 0 bridgehead atoms. The number of aromatic nitrogens is 3. The average Bonchev–Trinajstić information content (AvgIpc) is 3.26. The molecule has 1 aromatic carbocycles. The minimum atomic E-state index is -0.211. The van der Waals surface area contributed by atoms with Gasteiger partial charge in [0.2, 0.25) is 5.90 Å². The number of rotatable bonds is 3. The van der Waals surface area contributed by atoms with Crippen LogP contribution in [0.25, 0.3) is 11.4 Å². The molecule has 0 fully saturated rings. The quantitative estimate of drug-likeness (QED) is 0.795.